The number of piperidine rings is 1. The van der Waals surface area contributed by atoms with E-state index in [0.717, 1.165) is 37.3 Å². The lowest BCUT2D eigenvalue weighted by atomic mass is 9.93. The Morgan fingerprint density at radius 3 is 2.70 bits per heavy atom. The SMILES string of the molecule is COc1ccccc1N1C[C@H](C(=O)N2CCC(c3ccn[nH]3)CC2)CC1=O. The van der Waals surface area contributed by atoms with Gasteiger partial charge in [-0.2, -0.15) is 5.10 Å². The van der Waals surface area contributed by atoms with Crippen molar-refractivity contribution in [3.8, 4) is 5.75 Å². The molecule has 0 saturated carbocycles. The quantitative estimate of drug-likeness (QED) is 0.897. The van der Waals surface area contributed by atoms with Gasteiger partial charge in [-0.15, -0.1) is 0 Å². The molecule has 2 aliphatic heterocycles. The number of aromatic amines is 1. The van der Waals surface area contributed by atoms with E-state index in [0.29, 0.717) is 18.2 Å². The fourth-order valence-electron chi connectivity index (χ4n) is 4.12. The molecule has 1 aromatic carbocycles. The minimum Gasteiger partial charge on any atom is -0.495 e. The van der Waals surface area contributed by atoms with Gasteiger partial charge in [0.1, 0.15) is 5.75 Å². The molecule has 2 aliphatic rings. The number of hydrogen-bond donors (Lipinski definition) is 1. The minimum atomic E-state index is -0.286. The molecule has 0 spiro atoms. The number of nitrogens with one attached hydrogen (secondary N) is 1. The number of likely N-dealkylation sites (tertiary alicyclic amines) is 1. The highest BCUT2D eigenvalue weighted by Gasteiger charge is 2.39. The van der Waals surface area contributed by atoms with Gasteiger partial charge < -0.3 is 14.5 Å². The van der Waals surface area contributed by atoms with Crippen molar-refractivity contribution in [1.29, 1.82) is 0 Å². The number of carbonyl (C=O) groups excluding carboxylic acids is 2. The summed E-state index contributed by atoms with van der Waals surface area (Å²) in [6, 6.07) is 9.44. The second-order valence-corrected chi connectivity index (χ2v) is 7.19. The predicted octanol–water partition coefficient (Wildman–Crippen LogP) is 2.18. The number of methoxy groups -OCH3 is 1. The molecule has 4 rings (SSSR count). The molecule has 1 N–H and O–H groups in total. The van der Waals surface area contributed by atoms with Crippen molar-refractivity contribution in [2.45, 2.75) is 25.2 Å². The van der Waals surface area contributed by atoms with Crippen molar-refractivity contribution in [1.82, 2.24) is 15.1 Å². The monoisotopic (exact) mass is 368 g/mol. The standard InChI is InChI=1S/C20H24N4O3/c1-27-18-5-3-2-4-17(18)24-13-15(12-19(24)25)20(26)23-10-7-14(8-11-23)16-6-9-21-22-16/h2-6,9,14-15H,7-8,10-13H2,1H3,(H,21,22)/t15-/m1/s1. The molecule has 2 fully saturated rings. The zero-order valence-corrected chi connectivity index (χ0v) is 15.4. The van der Waals surface area contributed by atoms with E-state index in [1.807, 2.05) is 35.2 Å². The summed E-state index contributed by atoms with van der Waals surface area (Å²) in [6.45, 7) is 1.86. The lowest BCUT2D eigenvalue weighted by molar-refractivity contribution is -0.136. The Bertz CT molecular complexity index is 812. The van der Waals surface area contributed by atoms with E-state index >= 15 is 0 Å². The third kappa shape index (κ3) is 3.41. The Morgan fingerprint density at radius 2 is 2.00 bits per heavy atom. The van der Waals surface area contributed by atoms with E-state index in [1.54, 1.807) is 18.2 Å². The summed E-state index contributed by atoms with van der Waals surface area (Å²) in [6.07, 6.45) is 3.87. The summed E-state index contributed by atoms with van der Waals surface area (Å²) in [5, 5.41) is 7.05. The number of benzene rings is 1. The Morgan fingerprint density at radius 1 is 1.22 bits per heavy atom. The van der Waals surface area contributed by atoms with Crippen LogP contribution in [0.4, 0.5) is 5.69 Å². The van der Waals surface area contributed by atoms with Crippen LogP contribution in [0.1, 0.15) is 30.9 Å². The smallest absolute Gasteiger partial charge is 0.228 e. The predicted molar refractivity (Wildman–Crippen MR) is 101 cm³/mol. The third-order valence-electron chi connectivity index (χ3n) is 5.62. The Balaban J connectivity index is 1.40. The Kier molecular flexibility index (Phi) is 4.83. The maximum Gasteiger partial charge on any atom is 0.228 e. The maximum absolute atomic E-state index is 13.0. The zero-order chi connectivity index (χ0) is 18.8. The fourth-order valence-corrected chi connectivity index (χ4v) is 4.12. The fraction of sp³-hybridized carbons (Fsp3) is 0.450. The summed E-state index contributed by atoms with van der Waals surface area (Å²) in [5.74, 6) is 0.853. The summed E-state index contributed by atoms with van der Waals surface area (Å²) in [5.41, 5.74) is 1.87. The van der Waals surface area contributed by atoms with Crippen molar-refractivity contribution in [2.24, 2.45) is 5.92 Å². The van der Waals surface area contributed by atoms with Gasteiger partial charge in [-0.1, -0.05) is 12.1 Å². The van der Waals surface area contributed by atoms with Crippen LogP contribution in [0.15, 0.2) is 36.5 Å². The third-order valence-corrected chi connectivity index (χ3v) is 5.62. The Hall–Kier alpha value is -2.83. The van der Waals surface area contributed by atoms with Gasteiger partial charge >= 0.3 is 0 Å². The highest BCUT2D eigenvalue weighted by Crippen LogP contribution is 2.34. The highest BCUT2D eigenvalue weighted by atomic mass is 16.5. The molecule has 3 heterocycles. The largest absolute Gasteiger partial charge is 0.495 e. The van der Waals surface area contributed by atoms with Crippen molar-refractivity contribution in [3.05, 3.63) is 42.2 Å². The van der Waals surface area contributed by atoms with Crippen LogP contribution in [0.2, 0.25) is 0 Å². The first-order valence-corrected chi connectivity index (χ1v) is 9.39. The van der Waals surface area contributed by atoms with Gasteiger partial charge in [-0.3, -0.25) is 14.7 Å². The van der Waals surface area contributed by atoms with Crippen LogP contribution in [0.25, 0.3) is 0 Å². The van der Waals surface area contributed by atoms with Crippen LogP contribution in [0.3, 0.4) is 0 Å². The van der Waals surface area contributed by atoms with E-state index in [1.165, 1.54) is 0 Å². The second-order valence-electron chi connectivity index (χ2n) is 7.19. The molecule has 0 unspecified atom stereocenters. The van der Waals surface area contributed by atoms with Crippen molar-refractivity contribution in [2.75, 3.05) is 31.6 Å². The van der Waals surface area contributed by atoms with Gasteiger partial charge in [0, 0.05) is 43.9 Å². The van der Waals surface area contributed by atoms with E-state index in [-0.39, 0.29) is 24.2 Å². The molecule has 0 radical (unpaired) electrons. The van der Waals surface area contributed by atoms with Crippen LogP contribution in [-0.4, -0.2) is 53.7 Å². The number of carbonyl (C=O) groups is 2. The number of para-hydroxylation sites is 2. The molecule has 2 saturated heterocycles. The van der Waals surface area contributed by atoms with E-state index in [4.69, 9.17) is 4.74 Å². The topological polar surface area (TPSA) is 78.5 Å². The van der Waals surface area contributed by atoms with E-state index in [9.17, 15) is 9.59 Å². The molecule has 1 atom stereocenters. The molecule has 27 heavy (non-hydrogen) atoms. The van der Waals surface area contributed by atoms with Gasteiger partial charge in [-0.25, -0.2) is 0 Å². The number of amides is 2. The summed E-state index contributed by atoms with van der Waals surface area (Å²) >= 11 is 0. The number of hydrogen-bond acceptors (Lipinski definition) is 4. The van der Waals surface area contributed by atoms with Gasteiger partial charge in [-0.05, 0) is 31.0 Å². The lowest BCUT2D eigenvalue weighted by Crippen LogP contribution is -2.42. The van der Waals surface area contributed by atoms with Crippen molar-refractivity contribution >= 4 is 17.5 Å². The Labute approximate surface area is 158 Å². The molecule has 0 bridgehead atoms. The normalized spacial score (nSPS) is 20.9. The molecule has 2 amide bonds. The van der Waals surface area contributed by atoms with Crippen LogP contribution in [-0.2, 0) is 9.59 Å². The number of anilines is 1. The maximum atomic E-state index is 13.0. The first kappa shape index (κ1) is 17.6. The van der Waals surface area contributed by atoms with E-state index < -0.39 is 0 Å². The first-order valence-electron chi connectivity index (χ1n) is 9.39. The molecular weight excluding hydrogens is 344 g/mol. The molecule has 7 heteroatoms. The molecule has 0 aliphatic carbocycles. The number of aromatic nitrogens is 2. The van der Waals surface area contributed by atoms with Gasteiger partial charge in [0.05, 0.1) is 18.7 Å². The average molecular weight is 368 g/mol. The number of rotatable bonds is 4. The first-order chi connectivity index (χ1) is 13.2. The van der Waals surface area contributed by atoms with Crippen LogP contribution < -0.4 is 9.64 Å². The lowest BCUT2D eigenvalue weighted by Gasteiger charge is -2.33. The molecule has 7 nitrogen and oxygen atoms in total. The van der Waals surface area contributed by atoms with Crippen LogP contribution >= 0.6 is 0 Å². The summed E-state index contributed by atoms with van der Waals surface area (Å²) in [4.78, 5) is 29.1. The number of nitrogens with zero attached hydrogens (tertiary/aromatic N) is 3. The molecule has 1 aromatic heterocycles. The zero-order valence-electron chi connectivity index (χ0n) is 15.4. The van der Waals surface area contributed by atoms with E-state index in [2.05, 4.69) is 10.2 Å². The molecule has 2 aromatic rings. The average Bonchev–Trinajstić information content (AvgIpc) is 3.37. The van der Waals surface area contributed by atoms with Gasteiger partial charge in [0.15, 0.2) is 0 Å². The van der Waals surface area contributed by atoms with Crippen LogP contribution in [0.5, 0.6) is 5.75 Å². The molecular formula is C20H24N4O3. The van der Waals surface area contributed by atoms with Crippen LogP contribution in [0, 0.1) is 5.92 Å². The van der Waals surface area contributed by atoms with Gasteiger partial charge in [0.25, 0.3) is 0 Å². The summed E-state index contributed by atoms with van der Waals surface area (Å²) < 4.78 is 5.37. The van der Waals surface area contributed by atoms with Gasteiger partial charge in [0.2, 0.25) is 11.8 Å². The number of ether oxygens (including phenoxy) is 1. The van der Waals surface area contributed by atoms with Crippen molar-refractivity contribution < 1.29 is 14.3 Å². The number of H-pyrrole nitrogens is 1. The van der Waals surface area contributed by atoms with Crippen molar-refractivity contribution in [3.63, 3.8) is 0 Å². The minimum absolute atomic E-state index is 0.0230. The second kappa shape index (κ2) is 7.42. The highest BCUT2D eigenvalue weighted by molar-refractivity contribution is 6.01. The molecule has 142 valence electrons. The summed E-state index contributed by atoms with van der Waals surface area (Å²) in [7, 11) is 1.59.